The van der Waals surface area contributed by atoms with Gasteiger partial charge >= 0.3 is 0 Å². The molecule has 0 radical (unpaired) electrons. The van der Waals surface area contributed by atoms with Gasteiger partial charge in [0.05, 0.1) is 5.69 Å². The van der Waals surface area contributed by atoms with E-state index in [0.717, 1.165) is 12.1 Å². The third-order valence-corrected chi connectivity index (χ3v) is 2.61. The summed E-state index contributed by atoms with van der Waals surface area (Å²) in [5.74, 6) is -5.86. The predicted octanol–water partition coefficient (Wildman–Crippen LogP) is 3.89. The fraction of sp³-hybridized carbons (Fsp3) is 0. The molecule has 0 saturated carbocycles. The van der Waals surface area contributed by atoms with Crippen molar-refractivity contribution in [1.82, 2.24) is 0 Å². The summed E-state index contributed by atoms with van der Waals surface area (Å²) < 4.78 is 52.3. The standard InChI is InChI=1S/C15H9F4NO/c16-10-4-2-1-3-9(10)5-8-13(21)20-12-7-6-11(17)14(18)15(12)19/h1-8H,(H,20,21)/b8-5+. The topological polar surface area (TPSA) is 29.1 Å². The van der Waals surface area contributed by atoms with Gasteiger partial charge in [0.15, 0.2) is 17.5 Å². The van der Waals surface area contributed by atoms with Crippen LogP contribution in [0.2, 0.25) is 0 Å². The Morgan fingerprint density at radius 1 is 0.905 bits per heavy atom. The molecule has 2 aromatic carbocycles. The molecule has 0 spiro atoms. The third-order valence-electron chi connectivity index (χ3n) is 2.61. The van der Waals surface area contributed by atoms with Gasteiger partial charge in [-0.2, -0.15) is 0 Å². The molecule has 0 atom stereocenters. The Hall–Kier alpha value is -2.63. The highest BCUT2D eigenvalue weighted by Gasteiger charge is 2.14. The number of carbonyl (C=O) groups excluding carboxylic acids is 1. The highest BCUT2D eigenvalue weighted by molar-refractivity contribution is 6.02. The van der Waals surface area contributed by atoms with Crippen LogP contribution in [0.4, 0.5) is 23.2 Å². The van der Waals surface area contributed by atoms with Crippen molar-refractivity contribution < 1.29 is 22.4 Å². The Morgan fingerprint density at radius 3 is 2.33 bits per heavy atom. The van der Waals surface area contributed by atoms with Gasteiger partial charge in [-0.25, -0.2) is 17.6 Å². The predicted molar refractivity (Wildman–Crippen MR) is 70.4 cm³/mol. The normalized spacial score (nSPS) is 10.9. The highest BCUT2D eigenvalue weighted by atomic mass is 19.2. The molecule has 0 fully saturated rings. The van der Waals surface area contributed by atoms with E-state index < -0.39 is 34.9 Å². The smallest absolute Gasteiger partial charge is 0.248 e. The molecule has 0 aliphatic rings. The minimum atomic E-state index is -1.68. The first kappa shape index (κ1) is 14.8. The summed E-state index contributed by atoms with van der Waals surface area (Å²) >= 11 is 0. The van der Waals surface area contributed by atoms with Crippen LogP contribution in [-0.4, -0.2) is 5.91 Å². The quantitative estimate of drug-likeness (QED) is 0.519. The van der Waals surface area contributed by atoms with Crippen molar-refractivity contribution in [1.29, 1.82) is 0 Å². The summed E-state index contributed by atoms with van der Waals surface area (Å²) in [6, 6.07) is 7.31. The fourth-order valence-electron chi connectivity index (χ4n) is 1.57. The lowest BCUT2D eigenvalue weighted by Crippen LogP contribution is -2.10. The maximum absolute atomic E-state index is 13.3. The first-order chi connectivity index (χ1) is 9.99. The molecule has 0 aromatic heterocycles. The number of benzene rings is 2. The van der Waals surface area contributed by atoms with Gasteiger partial charge in [0.25, 0.3) is 0 Å². The van der Waals surface area contributed by atoms with Crippen LogP contribution in [0.5, 0.6) is 0 Å². The van der Waals surface area contributed by atoms with Gasteiger partial charge in [-0.3, -0.25) is 4.79 Å². The Morgan fingerprint density at radius 2 is 1.62 bits per heavy atom. The lowest BCUT2D eigenvalue weighted by molar-refractivity contribution is -0.111. The lowest BCUT2D eigenvalue weighted by atomic mass is 10.2. The van der Waals surface area contributed by atoms with Crippen LogP contribution < -0.4 is 5.32 Å². The van der Waals surface area contributed by atoms with Gasteiger partial charge in [-0.05, 0) is 24.3 Å². The number of hydrogen-bond donors (Lipinski definition) is 1. The summed E-state index contributed by atoms with van der Waals surface area (Å²) in [5, 5.41) is 2.04. The first-order valence-corrected chi connectivity index (χ1v) is 5.86. The minimum Gasteiger partial charge on any atom is -0.320 e. The van der Waals surface area contributed by atoms with E-state index in [1.807, 2.05) is 5.32 Å². The molecule has 108 valence electrons. The van der Waals surface area contributed by atoms with E-state index in [4.69, 9.17) is 0 Å². The molecule has 0 heterocycles. The number of halogens is 4. The number of rotatable bonds is 3. The van der Waals surface area contributed by atoms with Gasteiger partial charge in [0.2, 0.25) is 5.91 Å². The Labute approximate surface area is 117 Å². The van der Waals surface area contributed by atoms with E-state index in [1.54, 1.807) is 6.07 Å². The van der Waals surface area contributed by atoms with Crippen LogP contribution in [0, 0.1) is 23.3 Å². The van der Waals surface area contributed by atoms with E-state index in [9.17, 15) is 22.4 Å². The highest BCUT2D eigenvalue weighted by Crippen LogP contribution is 2.19. The van der Waals surface area contributed by atoms with Gasteiger partial charge in [0, 0.05) is 11.6 Å². The summed E-state index contributed by atoms with van der Waals surface area (Å²) in [7, 11) is 0. The van der Waals surface area contributed by atoms with Crippen LogP contribution in [0.1, 0.15) is 5.56 Å². The molecule has 2 aromatic rings. The van der Waals surface area contributed by atoms with Crippen LogP contribution in [-0.2, 0) is 4.79 Å². The number of amides is 1. The largest absolute Gasteiger partial charge is 0.320 e. The molecular formula is C15H9F4NO. The summed E-state index contributed by atoms with van der Waals surface area (Å²) in [6.45, 7) is 0. The molecule has 0 aliphatic heterocycles. The molecule has 0 aliphatic carbocycles. The lowest BCUT2D eigenvalue weighted by Gasteiger charge is -2.05. The fourth-order valence-corrected chi connectivity index (χ4v) is 1.57. The van der Waals surface area contributed by atoms with Crippen LogP contribution in [0.3, 0.4) is 0 Å². The monoisotopic (exact) mass is 295 g/mol. The van der Waals surface area contributed by atoms with Gasteiger partial charge in [-0.1, -0.05) is 18.2 Å². The van der Waals surface area contributed by atoms with E-state index in [2.05, 4.69) is 0 Å². The van der Waals surface area contributed by atoms with Crippen molar-refractivity contribution in [2.75, 3.05) is 5.32 Å². The molecule has 21 heavy (non-hydrogen) atoms. The zero-order valence-electron chi connectivity index (χ0n) is 10.5. The van der Waals surface area contributed by atoms with E-state index in [-0.39, 0.29) is 5.56 Å². The second-order valence-electron chi connectivity index (χ2n) is 4.07. The van der Waals surface area contributed by atoms with Crippen LogP contribution in [0.25, 0.3) is 6.08 Å². The molecule has 6 heteroatoms. The third kappa shape index (κ3) is 3.47. The molecule has 0 saturated heterocycles. The first-order valence-electron chi connectivity index (χ1n) is 5.86. The minimum absolute atomic E-state index is 0.165. The van der Waals surface area contributed by atoms with Gasteiger partial charge < -0.3 is 5.32 Å². The van der Waals surface area contributed by atoms with Crippen molar-refractivity contribution in [3.05, 3.63) is 71.3 Å². The SMILES string of the molecule is O=C(/C=C/c1ccccc1F)Nc1ccc(F)c(F)c1F. The van der Waals surface area contributed by atoms with Crippen molar-refractivity contribution in [3.8, 4) is 0 Å². The molecule has 0 bridgehead atoms. The average molecular weight is 295 g/mol. The average Bonchev–Trinajstić information content (AvgIpc) is 2.47. The Kier molecular flexibility index (Phi) is 4.37. The van der Waals surface area contributed by atoms with E-state index in [1.165, 1.54) is 24.3 Å². The van der Waals surface area contributed by atoms with Crippen LogP contribution in [0.15, 0.2) is 42.5 Å². The van der Waals surface area contributed by atoms with Gasteiger partial charge in [0.1, 0.15) is 5.82 Å². The summed E-state index contributed by atoms with van der Waals surface area (Å²) in [6.07, 6.45) is 2.14. The zero-order chi connectivity index (χ0) is 15.4. The number of carbonyl (C=O) groups is 1. The van der Waals surface area contributed by atoms with Crippen molar-refractivity contribution in [3.63, 3.8) is 0 Å². The van der Waals surface area contributed by atoms with Crippen LogP contribution >= 0.6 is 0 Å². The maximum Gasteiger partial charge on any atom is 0.248 e. The van der Waals surface area contributed by atoms with Crippen molar-refractivity contribution in [2.45, 2.75) is 0 Å². The zero-order valence-corrected chi connectivity index (χ0v) is 10.5. The number of anilines is 1. The Balaban J connectivity index is 2.13. The Bertz CT molecular complexity index is 713. The second kappa shape index (κ2) is 6.21. The maximum atomic E-state index is 13.3. The molecule has 0 unspecified atom stereocenters. The van der Waals surface area contributed by atoms with Crippen molar-refractivity contribution >= 4 is 17.7 Å². The number of hydrogen-bond acceptors (Lipinski definition) is 1. The molecule has 1 amide bonds. The van der Waals surface area contributed by atoms with Crippen molar-refractivity contribution in [2.24, 2.45) is 0 Å². The number of nitrogens with one attached hydrogen (secondary N) is 1. The summed E-state index contributed by atoms with van der Waals surface area (Å²) in [5.41, 5.74) is -0.338. The van der Waals surface area contributed by atoms with Gasteiger partial charge in [-0.15, -0.1) is 0 Å². The van der Waals surface area contributed by atoms with E-state index >= 15 is 0 Å². The molecular weight excluding hydrogens is 286 g/mol. The molecule has 2 rings (SSSR count). The molecule has 2 nitrogen and oxygen atoms in total. The summed E-state index contributed by atoms with van der Waals surface area (Å²) in [4.78, 5) is 11.5. The molecule has 1 N–H and O–H groups in total. The van der Waals surface area contributed by atoms with E-state index in [0.29, 0.717) is 6.07 Å². The second-order valence-corrected chi connectivity index (χ2v) is 4.07.